The predicted octanol–water partition coefficient (Wildman–Crippen LogP) is 4.92. The van der Waals surface area contributed by atoms with Crippen LogP contribution in [0.4, 0.5) is 24.7 Å². The van der Waals surface area contributed by atoms with Gasteiger partial charge >= 0.3 is 5.97 Å². The van der Waals surface area contributed by atoms with Crippen molar-refractivity contribution < 1.29 is 27.9 Å². The van der Waals surface area contributed by atoms with E-state index in [4.69, 9.17) is 0 Å². The zero-order chi connectivity index (χ0) is 26.3. The minimum absolute atomic E-state index is 0.00310. The highest BCUT2D eigenvalue weighted by Gasteiger charge is 2.29. The van der Waals surface area contributed by atoms with E-state index in [-0.39, 0.29) is 34.2 Å². The molecule has 11 heteroatoms. The van der Waals surface area contributed by atoms with Crippen LogP contribution in [0.2, 0.25) is 0 Å². The number of fused-ring (bicyclic) bond motifs is 1. The molecule has 190 valence electrons. The number of rotatable bonds is 5. The number of nitrogens with zero attached hydrogens (tertiary/aromatic N) is 4. The summed E-state index contributed by atoms with van der Waals surface area (Å²) in [5.74, 6) is -3.98. The molecular formula is C26H22F3N5O3. The van der Waals surface area contributed by atoms with Gasteiger partial charge in [-0.3, -0.25) is 4.79 Å². The van der Waals surface area contributed by atoms with Gasteiger partial charge in [-0.2, -0.15) is 9.61 Å². The number of halogens is 3. The van der Waals surface area contributed by atoms with Gasteiger partial charge in [-0.1, -0.05) is 12.1 Å². The van der Waals surface area contributed by atoms with Gasteiger partial charge in [0.25, 0.3) is 5.91 Å². The largest absolute Gasteiger partial charge is 0.477 e. The molecule has 0 aliphatic carbocycles. The molecule has 1 saturated heterocycles. The second-order valence-electron chi connectivity index (χ2n) is 8.97. The van der Waals surface area contributed by atoms with E-state index < -0.39 is 29.3 Å². The van der Waals surface area contributed by atoms with Crippen molar-refractivity contribution in [3.8, 4) is 0 Å². The Morgan fingerprint density at radius 1 is 0.973 bits per heavy atom. The van der Waals surface area contributed by atoms with Gasteiger partial charge in [0.2, 0.25) is 0 Å². The number of likely N-dealkylation sites (tertiary alicyclic amines) is 1. The third-order valence-electron chi connectivity index (χ3n) is 6.56. The van der Waals surface area contributed by atoms with E-state index in [0.717, 1.165) is 17.8 Å². The number of piperidine rings is 1. The Kier molecular flexibility index (Phi) is 6.28. The van der Waals surface area contributed by atoms with Crippen molar-refractivity contribution >= 4 is 29.0 Å². The third kappa shape index (κ3) is 4.59. The third-order valence-corrected chi connectivity index (χ3v) is 6.56. The van der Waals surface area contributed by atoms with Crippen LogP contribution in [0.1, 0.15) is 50.6 Å². The molecule has 4 aromatic rings. The maximum Gasteiger partial charge on any atom is 0.341 e. The highest BCUT2D eigenvalue weighted by atomic mass is 19.2. The molecule has 37 heavy (non-hydrogen) atoms. The first-order chi connectivity index (χ1) is 17.7. The predicted molar refractivity (Wildman–Crippen MR) is 129 cm³/mol. The van der Waals surface area contributed by atoms with Gasteiger partial charge in [0.05, 0.1) is 11.9 Å². The first kappa shape index (κ1) is 24.3. The normalized spacial score (nSPS) is 14.2. The minimum Gasteiger partial charge on any atom is -0.477 e. The first-order valence-corrected chi connectivity index (χ1v) is 11.6. The maximum absolute atomic E-state index is 14.6. The van der Waals surface area contributed by atoms with Crippen molar-refractivity contribution in [2.45, 2.75) is 25.7 Å². The lowest BCUT2D eigenvalue weighted by atomic mass is 9.89. The summed E-state index contributed by atoms with van der Waals surface area (Å²) in [6, 6.07) is 8.28. The molecule has 1 aliphatic rings. The van der Waals surface area contributed by atoms with E-state index in [2.05, 4.69) is 15.4 Å². The minimum atomic E-state index is -1.24. The lowest BCUT2D eigenvalue weighted by Crippen LogP contribution is -2.38. The Labute approximate surface area is 209 Å². The molecule has 0 unspecified atom stereocenters. The number of nitrogens with one attached hydrogen (secondary N) is 1. The number of aryl methyl sites for hydroxylation is 1. The number of aromatic nitrogens is 3. The standard InChI is InChI=1S/C26H22F3N5O3/c1-14-2-4-20(28)22(10-14)32-24-17(12-30-23-18(26(36)37)13-31-34(23)24)25(35)33-8-6-15(7-9-33)16-3-5-19(27)21(29)11-16/h2-5,10-13,15,32H,6-9H2,1H3,(H,36,37). The summed E-state index contributed by atoms with van der Waals surface area (Å²) in [5.41, 5.74) is 1.44. The second-order valence-corrected chi connectivity index (χ2v) is 8.97. The first-order valence-electron chi connectivity index (χ1n) is 11.6. The molecule has 0 radical (unpaired) electrons. The number of hydrogen-bond donors (Lipinski definition) is 2. The van der Waals surface area contributed by atoms with Gasteiger partial charge in [-0.05, 0) is 61.1 Å². The number of anilines is 2. The van der Waals surface area contributed by atoms with Crippen molar-refractivity contribution in [1.82, 2.24) is 19.5 Å². The molecule has 2 aromatic heterocycles. The average Bonchev–Trinajstić information content (AvgIpc) is 3.33. The van der Waals surface area contributed by atoms with Crippen molar-refractivity contribution in [2.75, 3.05) is 18.4 Å². The van der Waals surface area contributed by atoms with Gasteiger partial charge < -0.3 is 15.3 Å². The van der Waals surface area contributed by atoms with E-state index in [9.17, 15) is 27.9 Å². The Morgan fingerprint density at radius 3 is 2.41 bits per heavy atom. The van der Waals surface area contributed by atoms with E-state index >= 15 is 0 Å². The van der Waals surface area contributed by atoms with Gasteiger partial charge in [0.15, 0.2) is 17.3 Å². The summed E-state index contributed by atoms with van der Waals surface area (Å²) < 4.78 is 42.8. The Hall–Kier alpha value is -4.41. The van der Waals surface area contributed by atoms with Crippen LogP contribution in [0.25, 0.3) is 5.65 Å². The zero-order valence-electron chi connectivity index (χ0n) is 19.7. The van der Waals surface area contributed by atoms with Crippen molar-refractivity contribution in [2.24, 2.45) is 0 Å². The number of carboxylic acids is 1. The van der Waals surface area contributed by atoms with Gasteiger partial charge in [-0.25, -0.2) is 22.9 Å². The summed E-state index contributed by atoms with van der Waals surface area (Å²) in [6.07, 6.45) is 3.44. The Balaban J connectivity index is 1.47. The van der Waals surface area contributed by atoms with Gasteiger partial charge in [0.1, 0.15) is 22.8 Å². The van der Waals surface area contributed by atoms with Crippen molar-refractivity contribution in [3.63, 3.8) is 0 Å². The SMILES string of the molecule is Cc1ccc(F)c(Nc2c(C(=O)N3CCC(c4ccc(F)c(F)c4)CC3)cnc3c(C(=O)O)cnn23)c1. The lowest BCUT2D eigenvalue weighted by molar-refractivity contribution is 0.0695. The monoisotopic (exact) mass is 509 g/mol. The number of amides is 1. The highest BCUT2D eigenvalue weighted by Crippen LogP contribution is 2.31. The molecule has 1 aliphatic heterocycles. The summed E-state index contributed by atoms with van der Waals surface area (Å²) >= 11 is 0. The molecular weight excluding hydrogens is 487 g/mol. The van der Waals surface area contributed by atoms with Crippen LogP contribution in [-0.2, 0) is 0 Å². The molecule has 1 fully saturated rings. The number of aromatic carboxylic acids is 1. The van der Waals surface area contributed by atoms with E-state index in [0.29, 0.717) is 31.5 Å². The van der Waals surface area contributed by atoms with Gasteiger partial charge in [-0.15, -0.1) is 0 Å². The van der Waals surface area contributed by atoms with E-state index in [1.54, 1.807) is 30.0 Å². The number of benzene rings is 2. The quantitative estimate of drug-likeness (QED) is 0.396. The van der Waals surface area contributed by atoms with Crippen LogP contribution >= 0.6 is 0 Å². The van der Waals surface area contributed by atoms with Crippen LogP contribution in [-0.4, -0.2) is 49.6 Å². The number of carbonyl (C=O) groups excluding carboxylic acids is 1. The maximum atomic E-state index is 14.6. The van der Waals surface area contributed by atoms with Crippen LogP contribution in [0.3, 0.4) is 0 Å². The molecule has 2 N–H and O–H groups in total. The van der Waals surface area contributed by atoms with E-state index in [1.165, 1.54) is 22.8 Å². The molecule has 0 bridgehead atoms. The molecule has 0 atom stereocenters. The Morgan fingerprint density at radius 2 is 1.70 bits per heavy atom. The van der Waals surface area contributed by atoms with Crippen LogP contribution in [0.5, 0.6) is 0 Å². The van der Waals surface area contributed by atoms with Crippen molar-refractivity contribution in [3.05, 3.63) is 88.5 Å². The summed E-state index contributed by atoms with van der Waals surface area (Å²) in [5, 5.41) is 16.5. The van der Waals surface area contributed by atoms with Crippen LogP contribution in [0, 0.1) is 24.4 Å². The number of hydrogen-bond acceptors (Lipinski definition) is 5. The molecule has 0 spiro atoms. The summed E-state index contributed by atoms with van der Waals surface area (Å²) in [4.78, 5) is 30.9. The Bertz CT molecular complexity index is 1530. The second kappa shape index (κ2) is 9.57. The van der Waals surface area contributed by atoms with Gasteiger partial charge in [0, 0.05) is 19.3 Å². The number of carboxylic acid groups (broad SMARTS) is 1. The van der Waals surface area contributed by atoms with Crippen LogP contribution in [0.15, 0.2) is 48.8 Å². The topological polar surface area (TPSA) is 99.8 Å². The fourth-order valence-corrected chi connectivity index (χ4v) is 4.57. The molecule has 3 heterocycles. The fraction of sp³-hybridized carbons (Fsp3) is 0.231. The fourth-order valence-electron chi connectivity index (χ4n) is 4.57. The molecule has 5 rings (SSSR count). The highest BCUT2D eigenvalue weighted by molar-refractivity contribution is 6.01. The lowest BCUT2D eigenvalue weighted by Gasteiger charge is -2.32. The average molecular weight is 509 g/mol. The zero-order valence-corrected chi connectivity index (χ0v) is 19.7. The molecule has 2 aromatic carbocycles. The molecule has 8 nitrogen and oxygen atoms in total. The molecule has 0 saturated carbocycles. The molecule has 1 amide bonds. The van der Waals surface area contributed by atoms with E-state index in [1.807, 2.05) is 0 Å². The number of carbonyl (C=O) groups is 2. The van der Waals surface area contributed by atoms with Crippen molar-refractivity contribution in [1.29, 1.82) is 0 Å². The summed E-state index contributed by atoms with van der Waals surface area (Å²) in [6.45, 7) is 2.48. The smallest absolute Gasteiger partial charge is 0.341 e. The summed E-state index contributed by atoms with van der Waals surface area (Å²) in [7, 11) is 0. The van der Waals surface area contributed by atoms with Crippen LogP contribution < -0.4 is 5.32 Å².